The van der Waals surface area contributed by atoms with Gasteiger partial charge >= 0.3 is 12.0 Å². The van der Waals surface area contributed by atoms with Crippen LogP contribution in [0.25, 0.3) is 0 Å². The lowest BCUT2D eigenvalue weighted by atomic mass is 9.87. The summed E-state index contributed by atoms with van der Waals surface area (Å²) in [5.41, 5.74) is 6.06. The van der Waals surface area contributed by atoms with E-state index in [4.69, 9.17) is 15.2 Å². The molecule has 3 amide bonds. The van der Waals surface area contributed by atoms with Crippen molar-refractivity contribution in [1.82, 2.24) is 5.32 Å². The molecule has 1 aromatic rings. The second kappa shape index (κ2) is 8.33. The molecule has 0 aromatic heterocycles. The number of hydrogen-bond acceptors (Lipinski definition) is 5. The molecule has 132 valence electrons. The molecule has 24 heavy (non-hydrogen) atoms. The Morgan fingerprint density at radius 2 is 1.75 bits per heavy atom. The fourth-order valence-electron chi connectivity index (χ4n) is 1.84. The molecule has 7 heteroatoms. The summed E-state index contributed by atoms with van der Waals surface area (Å²) >= 11 is 0. The number of rotatable bonds is 6. The van der Waals surface area contributed by atoms with Gasteiger partial charge in [-0.2, -0.15) is 0 Å². The van der Waals surface area contributed by atoms with Gasteiger partial charge in [-0.05, 0) is 30.0 Å². The van der Waals surface area contributed by atoms with Crippen LogP contribution in [-0.2, 0) is 19.7 Å². The highest BCUT2D eigenvalue weighted by molar-refractivity contribution is 5.96. The lowest BCUT2D eigenvalue weighted by Crippen LogP contribution is -2.42. The molecular weight excluding hydrogens is 312 g/mol. The second-order valence-electron chi connectivity index (χ2n) is 6.36. The quantitative estimate of drug-likeness (QED) is 0.771. The van der Waals surface area contributed by atoms with Gasteiger partial charge in [0, 0.05) is 0 Å². The maximum atomic E-state index is 11.6. The summed E-state index contributed by atoms with van der Waals surface area (Å²) < 4.78 is 10.4. The van der Waals surface area contributed by atoms with Crippen LogP contribution in [0.15, 0.2) is 24.3 Å². The Hall–Kier alpha value is -2.57. The smallest absolute Gasteiger partial charge is 0.318 e. The molecule has 0 fully saturated rings. The molecule has 0 radical (unpaired) electrons. The standard InChI is InChI=1S/C17H24N2O5/c1-11(15(21)19-16(18)22)24-14(20)9-10-23-13-7-5-12(6-8-13)17(2,3)4/h5-8,11H,9-10H2,1-4H3,(H3,18,19,21,22). The Morgan fingerprint density at radius 1 is 1.17 bits per heavy atom. The molecule has 3 N–H and O–H groups in total. The number of carbonyl (C=O) groups excluding carboxylic acids is 3. The second-order valence-corrected chi connectivity index (χ2v) is 6.36. The van der Waals surface area contributed by atoms with Crippen LogP contribution in [0.2, 0.25) is 0 Å². The van der Waals surface area contributed by atoms with Gasteiger partial charge in [0.05, 0.1) is 13.0 Å². The lowest BCUT2D eigenvalue weighted by molar-refractivity contribution is -0.154. The van der Waals surface area contributed by atoms with Crippen LogP contribution in [0.4, 0.5) is 4.79 Å². The fourth-order valence-corrected chi connectivity index (χ4v) is 1.84. The van der Waals surface area contributed by atoms with E-state index in [-0.39, 0.29) is 18.4 Å². The molecule has 0 heterocycles. The van der Waals surface area contributed by atoms with Gasteiger partial charge in [0.1, 0.15) is 5.75 Å². The van der Waals surface area contributed by atoms with E-state index < -0.39 is 24.0 Å². The maximum Gasteiger partial charge on any atom is 0.318 e. The van der Waals surface area contributed by atoms with E-state index in [1.165, 1.54) is 12.5 Å². The van der Waals surface area contributed by atoms with E-state index in [9.17, 15) is 14.4 Å². The van der Waals surface area contributed by atoms with Crippen molar-refractivity contribution >= 4 is 17.9 Å². The van der Waals surface area contributed by atoms with Crippen molar-refractivity contribution in [2.45, 2.75) is 45.6 Å². The number of nitrogens with two attached hydrogens (primary N) is 1. The Bertz CT molecular complexity index is 590. The van der Waals surface area contributed by atoms with Gasteiger partial charge in [-0.3, -0.25) is 14.9 Å². The summed E-state index contributed by atoms with van der Waals surface area (Å²) in [5, 5.41) is 1.84. The predicted molar refractivity (Wildman–Crippen MR) is 88.5 cm³/mol. The number of urea groups is 1. The lowest BCUT2D eigenvalue weighted by Gasteiger charge is -2.19. The summed E-state index contributed by atoms with van der Waals surface area (Å²) in [6, 6.07) is 6.64. The Balaban J connectivity index is 2.38. The first-order valence-electron chi connectivity index (χ1n) is 7.62. The van der Waals surface area contributed by atoms with Crippen LogP contribution in [0.3, 0.4) is 0 Å². The molecule has 1 rings (SSSR count). The summed E-state index contributed by atoms with van der Waals surface area (Å²) in [7, 11) is 0. The van der Waals surface area contributed by atoms with E-state index in [1.807, 2.05) is 29.6 Å². The molecular formula is C17H24N2O5. The average molecular weight is 336 g/mol. The first-order valence-corrected chi connectivity index (χ1v) is 7.62. The van der Waals surface area contributed by atoms with E-state index in [1.54, 1.807) is 0 Å². The monoisotopic (exact) mass is 336 g/mol. The van der Waals surface area contributed by atoms with Crippen LogP contribution in [0.1, 0.15) is 39.7 Å². The van der Waals surface area contributed by atoms with E-state index >= 15 is 0 Å². The number of benzene rings is 1. The molecule has 0 aliphatic rings. The van der Waals surface area contributed by atoms with Gasteiger partial charge in [0.15, 0.2) is 6.10 Å². The van der Waals surface area contributed by atoms with Gasteiger partial charge in [0.2, 0.25) is 0 Å². The Labute approximate surface area is 141 Å². The van der Waals surface area contributed by atoms with Crippen LogP contribution in [0.5, 0.6) is 5.75 Å². The molecule has 1 atom stereocenters. The number of esters is 1. The maximum absolute atomic E-state index is 11.6. The van der Waals surface area contributed by atoms with Gasteiger partial charge in [-0.15, -0.1) is 0 Å². The topological polar surface area (TPSA) is 108 Å². The van der Waals surface area contributed by atoms with Gasteiger partial charge in [0.25, 0.3) is 5.91 Å². The van der Waals surface area contributed by atoms with Crippen molar-refractivity contribution < 1.29 is 23.9 Å². The Kier molecular flexibility index (Phi) is 6.76. The van der Waals surface area contributed by atoms with E-state index in [2.05, 4.69) is 20.8 Å². The first kappa shape index (κ1) is 19.5. The molecule has 7 nitrogen and oxygen atoms in total. The normalized spacial score (nSPS) is 12.2. The number of ether oxygens (including phenoxy) is 2. The first-order chi connectivity index (χ1) is 11.1. The molecule has 0 spiro atoms. The molecule has 0 aliphatic carbocycles. The van der Waals surface area contributed by atoms with Crippen molar-refractivity contribution in [3.8, 4) is 5.75 Å². The van der Waals surface area contributed by atoms with Crippen LogP contribution in [0, 0.1) is 0 Å². The summed E-state index contributed by atoms with van der Waals surface area (Å²) in [6.07, 6.45) is -1.12. The minimum Gasteiger partial charge on any atom is -0.493 e. The summed E-state index contributed by atoms with van der Waals surface area (Å²) in [4.78, 5) is 33.5. The largest absolute Gasteiger partial charge is 0.493 e. The summed E-state index contributed by atoms with van der Waals surface area (Å²) in [6.45, 7) is 7.83. The zero-order valence-corrected chi connectivity index (χ0v) is 14.4. The number of nitrogens with one attached hydrogen (secondary N) is 1. The van der Waals surface area contributed by atoms with Crippen molar-refractivity contribution in [1.29, 1.82) is 0 Å². The molecule has 1 aromatic carbocycles. The van der Waals surface area contributed by atoms with E-state index in [0.717, 1.165) is 0 Å². The van der Waals surface area contributed by atoms with Crippen molar-refractivity contribution in [2.24, 2.45) is 5.73 Å². The zero-order chi connectivity index (χ0) is 18.3. The van der Waals surface area contributed by atoms with Gasteiger partial charge in [-0.25, -0.2) is 4.79 Å². The predicted octanol–water partition coefficient (Wildman–Crippen LogP) is 1.88. The third-order valence-electron chi connectivity index (χ3n) is 3.22. The average Bonchev–Trinajstić information content (AvgIpc) is 2.46. The number of amides is 3. The highest BCUT2D eigenvalue weighted by Crippen LogP contribution is 2.24. The SMILES string of the molecule is CC(OC(=O)CCOc1ccc(C(C)(C)C)cc1)C(=O)NC(N)=O. The molecule has 0 bridgehead atoms. The highest BCUT2D eigenvalue weighted by Gasteiger charge is 2.19. The Morgan fingerprint density at radius 3 is 2.25 bits per heavy atom. The minimum atomic E-state index is -1.10. The number of imide groups is 1. The minimum absolute atomic E-state index is 0.0186. The van der Waals surface area contributed by atoms with Crippen molar-refractivity contribution in [3.63, 3.8) is 0 Å². The molecule has 0 saturated carbocycles. The van der Waals surface area contributed by atoms with Crippen molar-refractivity contribution in [2.75, 3.05) is 6.61 Å². The number of hydrogen-bond donors (Lipinski definition) is 2. The van der Waals surface area contributed by atoms with Gasteiger partial charge < -0.3 is 15.2 Å². The number of primary amides is 1. The molecule has 1 unspecified atom stereocenters. The van der Waals surface area contributed by atoms with Crippen molar-refractivity contribution in [3.05, 3.63) is 29.8 Å². The molecule has 0 saturated heterocycles. The number of carbonyl (C=O) groups is 3. The fraction of sp³-hybridized carbons (Fsp3) is 0.471. The molecule has 0 aliphatic heterocycles. The van der Waals surface area contributed by atoms with Crippen LogP contribution < -0.4 is 15.8 Å². The third-order valence-corrected chi connectivity index (χ3v) is 3.22. The van der Waals surface area contributed by atoms with Crippen LogP contribution >= 0.6 is 0 Å². The van der Waals surface area contributed by atoms with E-state index in [0.29, 0.717) is 5.75 Å². The summed E-state index contributed by atoms with van der Waals surface area (Å²) in [5.74, 6) is -0.724. The third kappa shape index (κ3) is 6.68. The van der Waals surface area contributed by atoms with Crippen LogP contribution in [-0.4, -0.2) is 30.6 Å². The zero-order valence-electron chi connectivity index (χ0n) is 14.4. The highest BCUT2D eigenvalue weighted by atomic mass is 16.5. The van der Waals surface area contributed by atoms with Gasteiger partial charge in [-0.1, -0.05) is 32.9 Å².